The van der Waals surface area contributed by atoms with Gasteiger partial charge < -0.3 is 16.0 Å². The average Bonchev–Trinajstić information content (AvgIpc) is 2.75. The Bertz CT molecular complexity index is 779. The van der Waals surface area contributed by atoms with E-state index in [-0.39, 0.29) is 18.1 Å². The normalized spacial score (nSPS) is 12.0. The number of fused-ring (bicyclic) bond motifs is 1. The van der Waals surface area contributed by atoms with Gasteiger partial charge in [0.15, 0.2) is 0 Å². The third-order valence-corrected chi connectivity index (χ3v) is 3.35. The Morgan fingerprint density at radius 2 is 2.24 bits per heavy atom. The van der Waals surface area contributed by atoms with Crippen molar-refractivity contribution in [2.45, 2.75) is 13.0 Å². The molecule has 2 heterocycles. The monoisotopic (exact) mass is 315 g/mol. The van der Waals surface area contributed by atoms with E-state index in [1.54, 1.807) is 6.20 Å². The third-order valence-electron chi connectivity index (χ3n) is 2.75. The van der Waals surface area contributed by atoms with Gasteiger partial charge >= 0.3 is 0 Å². The summed E-state index contributed by atoms with van der Waals surface area (Å²) >= 11 is 0. The number of hydrogen-bond donors (Lipinski definition) is 4. The van der Waals surface area contributed by atoms with Gasteiger partial charge in [-0.2, -0.15) is 13.4 Å². The fraction of sp³-hybridized carbons (Fsp3) is 0.455. The van der Waals surface area contributed by atoms with E-state index < -0.39 is 10.1 Å². The Kier molecular flexibility index (Phi) is 4.60. The van der Waals surface area contributed by atoms with Crippen LogP contribution in [-0.4, -0.2) is 42.8 Å². The SMILES string of the molecule is CS(=O)(=O)OCCCNCc1c[nH]c2nc(N)[nH]c(=O)c12. The molecule has 0 fully saturated rings. The van der Waals surface area contributed by atoms with E-state index in [2.05, 4.69) is 24.5 Å². The van der Waals surface area contributed by atoms with Crippen molar-refractivity contribution in [2.24, 2.45) is 0 Å². The number of nitrogens with two attached hydrogens (primary N) is 1. The lowest BCUT2D eigenvalue weighted by molar-refractivity contribution is 0.313. The summed E-state index contributed by atoms with van der Waals surface area (Å²) < 4.78 is 26.1. The highest BCUT2D eigenvalue weighted by molar-refractivity contribution is 7.85. The smallest absolute Gasteiger partial charge is 0.264 e. The number of H-pyrrole nitrogens is 2. The first-order chi connectivity index (χ1) is 9.87. The first kappa shape index (κ1) is 15.5. The molecule has 0 atom stereocenters. The maximum atomic E-state index is 11.8. The van der Waals surface area contributed by atoms with Crippen LogP contribution >= 0.6 is 0 Å². The predicted octanol–water partition coefficient (Wildman–Crippen LogP) is -0.711. The van der Waals surface area contributed by atoms with Gasteiger partial charge in [-0.3, -0.25) is 14.0 Å². The van der Waals surface area contributed by atoms with Gasteiger partial charge in [0.1, 0.15) is 5.65 Å². The molecule has 0 bridgehead atoms. The molecular formula is C11H17N5O4S. The Balaban J connectivity index is 1.89. The molecule has 116 valence electrons. The number of hydrogen-bond acceptors (Lipinski definition) is 7. The summed E-state index contributed by atoms with van der Waals surface area (Å²) in [6.45, 7) is 1.13. The zero-order valence-electron chi connectivity index (χ0n) is 11.5. The molecule has 21 heavy (non-hydrogen) atoms. The van der Waals surface area contributed by atoms with Crippen molar-refractivity contribution in [1.82, 2.24) is 20.3 Å². The van der Waals surface area contributed by atoms with Crippen molar-refractivity contribution in [3.05, 3.63) is 22.1 Å². The largest absolute Gasteiger partial charge is 0.369 e. The second-order valence-corrected chi connectivity index (χ2v) is 6.19. The molecule has 0 aromatic carbocycles. The highest BCUT2D eigenvalue weighted by atomic mass is 32.2. The minimum atomic E-state index is -3.39. The fourth-order valence-corrected chi connectivity index (χ4v) is 2.31. The molecule has 0 saturated carbocycles. The Hall–Kier alpha value is -1.91. The highest BCUT2D eigenvalue weighted by Gasteiger charge is 2.09. The minimum Gasteiger partial charge on any atom is -0.369 e. The molecule has 9 nitrogen and oxygen atoms in total. The van der Waals surface area contributed by atoms with Crippen LogP contribution in [-0.2, 0) is 20.8 Å². The molecule has 0 radical (unpaired) electrons. The van der Waals surface area contributed by atoms with Crippen LogP contribution < -0.4 is 16.6 Å². The van der Waals surface area contributed by atoms with Crippen molar-refractivity contribution in [1.29, 1.82) is 0 Å². The van der Waals surface area contributed by atoms with Crippen LogP contribution in [0, 0.1) is 0 Å². The molecule has 10 heteroatoms. The minimum absolute atomic E-state index is 0.0618. The summed E-state index contributed by atoms with van der Waals surface area (Å²) in [5.41, 5.74) is 6.37. The Morgan fingerprint density at radius 1 is 1.48 bits per heavy atom. The first-order valence-electron chi connectivity index (χ1n) is 6.27. The van der Waals surface area contributed by atoms with E-state index in [1.807, 2.05) is 0 Å². The number of nitrogen functional groups attached to an aromatic ring is 1. The summed E-state index contributed by atoms with van der Waals surface area (Å²) in [6.07, 6.45) is 3.24. The summed E-state index contributed by atoms with van der Waals surface area (Å²) in [4.78, 5) is 21.1. The lowest BCUT2D eigenvalue weighted by Gasteiger charge is -2.04. The zero-order chi connectivity index (χ0) is 15.5. The van der Waals surface area contributed by atoms with E-state index in [0.717, 1.165) is 11.8 Å². The van der Waals surface area contributed by atoms with Gasteiger partial charge in [-0.15, -0.1) is 0 Å². The summed E-state index contributed by atoms with van der Waals surface area (Å²) in [7, 11) is -3.39. The number of nitrogens with one attached hydrogen (secondary N) is 3. The van der Waals surface area contributed by atoms with E-state index in [0.29, 0.717) is 30.5 Å². The first-order valence-corrected chi connectivity index (χ1v) is 8.09. The fourth-order valence-electron chi connectivity index (χ4n) is 1.89. The van der Waals surface area contributed by atoms with Crippen molar-refractivity contribution < 1.29 is 12.6 Å². The zero-order valence-corrected chi connectivity index (χ0v) is 12.3. The second-order valence-electron chi connectivity index (χ2n) is 4.55. The van der Waals surface area contributed by atoms with Crippen LogP contribution in [0.3, 0.4) is 0 Å². The van der Waals surface area contributed by atoms with Crippen LogP contribution in [0.15, 0.2) is 11.0 Å². The summed E-state index contributed by atoms with van der Waals surface area (Å²) in [5.74, 6) is 0.0618. The highest BCUT2D eigenvalue weighted by Crippen LogP contribution is 2.11. The van der Waals surface area contributed by atoms with Crippen molar-refractivity contribution in [3.63, 3.8) is 0 Å². The predicted molar refractivity (Wildman–Crippen MR) is 78.2 cm³/mol. The van der Waals surface area contributed by atoms with Gasteiger partial charge in [-0.25, -0.2) is 0 Å². The summed E-state index contributed by atoms with van der Waals surface area (Å²) in [5, 5.41) is 3.56. The molecule has 2 aromatic rings. The lowest BCUT2D eigenvalue weighted by Crippen LogP contribution is -2.18. The molecular weight excluding hydrogens is 298 g/mol. The van der Waals surface area contributed by atoms with E-state index in [1.165, 1.54) is 0 Å². The number of aromatic nitrogens is 3. The summed E-state index contributed by atoms with van der Waals surface area (Å²) in [6, 6.07) is 0. The molecule has 2 rings (SSSR count). The van der Waals surface area contributed by atoms with Gasteiger partial charge in [0, 0.05) is 12.7 Å². The number of rotatable bonds is 7. The second kappa shape index (κ2) is 6.24. The molecule has 0 aliphatic heterocycles. The van der Waals surface area contributed by atoms with Crippen LogP contribution in [0.25, 0.3) is 11.0 Å². The van der Waals surface area contributed by atoms with Crippen LogP contribution in [0.4, 0.5) is 5.95 Å². The molecule has 0 aliphatic rings. The Morgan fingerprint density at radius 3 is 2.95 bits per heavy atom. The molecule has 5 N–H and O–H groups in total. The maximum absolute atomic E-state index is 11.8. The maximum Gasteiger partial charge on any atom is 0.264 e. The van der Waals surface area contributed by atoms with Gasteiger partial charge in [-0.1, -0.05) is 0 Å². The molecule has 0 aliphatic carbocycles. The van der Waals surface area contributed by atoms with Crippen molar-refractivity contribution >= 4 is 27.1 Å². The molecule has 0 amide bonds. The molecule has 0 unspecified atom stereocenters. The van der Waals surface area contributed by atoms with Gasteiger partial charge in [-0.05, 0) is 18.5 Å². The molecule has 2 aromatic heterocycles. The standard InChI is InChI=1S/C11H17N5O4S/c1-21(18,19)20-4-2-3-13-5-7-6-14-9-8(7)10(17)16-11(12)15-9/h6,13H,2-5H2,1H3,(H4,12,14,15,16,17). The lowest BCUT2D eigenvalue weighted by atomic mass is 10.2. The van der Waals surface area contributed by atoms with Crippen LogP contribution in [0.1, 0.15) is 12.0 Å². The van der Waals surface area contributed by atoms with E-state index >= 15 is 0 Å². The quantitative estimate of drug-likeness (QED) is 0.390. The van der Waals surface area contributed by atoms with E-state index in [9.17, 15) is 13.2 Å². The average molecular weight is 315 g/mol. The van der Waals surface area contributed by atoms with E-state index in [4.69, 9.17) is 5.73 Å². The van der Waals surface area contributed by atoms with Crippen LogP contribution in [0.5, 0.6) is 0 Å². The molecule has 0 spiro atoms. The number of aromatic amines is 2. The van der Waals surface area contributed by atoms with Gasteiger partial charge in [0.2, 0.25) is 5.95 Å². The third kappa shape index (κ3) is 4.28. The number of nitrogens with zero attached hydrogens (tertiary/aromatic N) is 1. The topological polar surface area (TPSA) is 143 Å². The Labute approximate surface area is 121 Å². The molecule has 0 saturated heterocycles. The van der Waals surface area contributed by atoms with Crippen LogP contribution in [0.2, 0.25) is 0 Å². The number of anilines is 1. The van der Waals surface area contributed by atoms with Gasteiger partial charge in [0.25, 0.3) is 15.7 Å². The van der Waals surface area contributed by atoms with Gasteiger partial charge in [0.05, 0.1) is 18.2 Å². The van der Waals surface area contributed by atoms with Crippen molar-refractivity contribution in [3.8, 4) is 0 Å². The van der Waals surface area contributed by atoms with Crippen molar-refractivity contribution in [2.75, 3.05) is 25.1 Å².